The number of hydrogen-bond acceptors (Lipinski definition) is 4. The Balaban J connectivity index is 1.91. The van der Waals surface area contributed by atoms with Gasteiger partial charge in [-0.15, -0.1) is 0 Å². The van der Waals surface area contributed by atoms with Gasteiger partial charge >= 0.3 is 0 Å². The molecule has 0 bridgehead atoms. The molecule has 2 aromatic carbocycles. The Hall–Kier alpha value is -1.36. The maximum atomic E-state index is 5.91. The van der Waals surface area contributed by atoms with Crippen molar-refractivity contribution in [3.05, 3.63) is 59.6 Å². The first-order valence-corrected chi connectivity index (χ1v) is 8.72. The Morgan fingerprint density at radius 2 is 1.71 bits per heavy atom. The quantitative estimate of drug-likeness (QED) is 0.558. The van der Waals surface area contributed by atoms with E-state index in [1.54, 1.807) is 23.5 Å². The van der Waals surface area contributed by atoms with Gasteiger partial charge in [-0.05, 0) is 42.7 Å². The van der Waals surface area contributed by atoms with E-state index in [1.807, 2.05) is 60.9 Å². The number of hydrogen-bond donors (Lipinski definition) is 0. The first kappa shape index (κ1) is 14.6. The fourth-order valence-electron chi connectivity index (χ4n) is 1.80. The molecule has 5 heteroatoms. The summed E-state index contributed by atoms with van der Waals surface area (Å²) in [6.07, 6.45) is 1.99. The molecule has 1 aromatic heterocycles. The highest BCUT2D eigenvalue weighted by molar-refractivity contribution is 8.01. The fraction of sp³-hybridized carbons (Fsp3) is 0.0625. The Bertz CT molecular complexity index is 726. The molecule has 0 aliphatic rings. The molecule has 0 unspecified atom stereocenters. The average Bonchev–Trinajstić information content (AvgIpc) is 2.93. The Labute approximate surface area is 136 Å². The van der Waals surface area contributed by atoms with Gasteiger partial charge in [-0.25, -0.2) is 4.98 Å². The molecule has 0 saturated heterocycles. The van der Waals surface area contributed by atoms with Crippen molar-refractivity contribution in [1.29, 1.82) is 0 Å². The van der Waals surface area contributed by atoms with Crippen LogP contribution in [-0.4, -0.2) is 11.2 Å². The van der Waals surface area contributed by atoms with Gasteiger partial charge in [0, 0.05) is 15.5 Å². The van der Waals surface area contributed by atoms with Gasteiger partial charge in [0.2, 0.25) is 5.89 Å². The first-order valence-electron chi connectivity index (χ1n) is 6.30. The van der Waals surface area contributed by atoms with E-state index in [9.17, 15) is 0 Å². The lowest BCUT2D eigenvalue weighted by Gasteiger charge is -1.98. The fourth-order valence-corrected chi connectivity index (χ4v) is 3.44. The second-order valence-corrected chi connectivity index (χ2v) is 6.52. The summed E-state index contributed by atoms with van der Waals surface area (Å²) in [5.74, 6) is 0.649. The SMILES string of the molecule is CSc1oc(-c2ccccc2)nc1Sc1ccc(Cl)cc1. The van der Waals surface area contributed by atoms with E-state index in [0.29, 0.717) is 5.89 Å². The smallest absolute Gasteiger partial charge is 0.228 e. The molecule has 2 nitrogen and oxygen atoms in total. The van der Waals surface area contributed by atoms with Crippen molar-refractivity contribution >= 4 is 35.1 Å². The van der Waals surface area contributed by atoms with Crippen LogP contribution in [0.15, 0.2) is 74.0 Å². The molecule has 0 aliphatic carbocycles. The highest BCUT2D eigenvalue weighted by atomic mass is 35.5. The summed E-state index contributed by atoms with van der Waals surface area (Å²) in [5.41, 5.74) is 0.982. The van der Waals surface area contributed by atoms with Crippen LogP contribution < -0.4 is 0 Å². The Morgan fingerprint density at radius 3 is 2.38 bits per heavy atom. The minimum absolute atomic E-state index is 0.649. The third-order valence-corrected chi connectivity index (χ3v) is 4.81. The maximum Gasteiger partial charge on any atom is 0.228 e. The molecular formula is C16H12ClNOS2. The summed E-state index contributed by atoms with van der Waals surface area (Å²) in [6, 6.07) is 17.6. The molecule has 0 N–H and O–H groups in total. The Morgan fingerprint density at radius 1 is 1.00 bits per heavy atom. The van der Waals surface area contributed by atoms with Crippen LogP contribution in [0.4, 0.5) is 0 Å². The molecule has 0 fully saturated rings. The summed E-state index contributed by atoms with van der Waals surface area (Å²) in [4.78, 5) is 5.70. The minimum atomic E-state index is 0.649. The zero-order chi connectivity index (χ0) is 14.7. The van der Waals surface area contributed by atoms with Crippen LogP contribution in [0.2, 0.25) is 5.02 Å². The van der Waals surface area contributed by atoms with E-state index < -0.39 is 0 Å². The largest absolute Gasteiger partial charge is 0.429 e. The molecule has 0 aliphatic heterocycles. The van der Waals surface area contributed by atoms with Crippen molar-refractivity contribution in [2.24, 2.45) is 0 Å². The number of thioether (sulfide) groups is 1. The van der Waals surface area contributed by atoms with Gasteiger partial charge in [0.1, 0.15) is 0 Å². The first-order chi connectivity index (χ1) is 10.3. The average molecular weight is 334 g/mol. The lowest BCUT2D eigenvalue weighted by Crippen LogP contribution is -1.78. The monoisotopic (exact) mass is 333 g/mol. The molecule has 1 heterocycles. The van der Waals surface area contributed by atoms with E-state index in [1.165, 1.54) is 0 Å². The van der Waals surface area contributed by atoms with Crippen LogP contribution in [0.5, 0.6) is 0 Å². The third kappa shape index (κ3) is 3.46. The van der Waals surface area contributed by atoms with Crippen LogP contribution in [0.1, 0.15) is 0 Å². The van der Waals surface area contributed by atoms with Gasteiger partial charge in [-0.3, -0.25) is 0 Å². The lowest BCUT2D eigenvalue weighted by atomic mass is 10.2. The topological polar surface area (TPSA) is 26.0 Å². The second-order valence-electron chi connectivity index (χ2n) is 4.24. The zero-order valence-corrected chi connectivity index (χ0v) is 13.6. The van der Waals surface area contributed by atoms with E-state index in [-0.39, 0.29) is 0 Å². The minimum Gasteiger partial charge on any atom is -0.429 e. The standard InChI is InChI=1S/C16H12ClNOS2/c1-20-16-15(21-13-9-7-12(17)8-10-13)18-14(19-16)11-5-3-2-4-6-11/h2-10H,1H3. The Kier molecular flexibility index (Phi) is 4.58. The third-order valence-electron chi connectivity index (χ3n) is 2.80. The molecule has 0 radical (unpaired) electrons. The molecule has 0 saturated carbocycles. The van der Waals surface area contributed by atoms with Gasteiger partial charge in [-0.2, -0.15) is 0 Å². The van der Waals surface area contributed by atoms with Crippen LogP contribution in [-0.2, 0) is 0 Å². The number of benzene rings is 2. The number of aromatic nitrogens is 1. The highest BCUT2D eigenvalue weighted by Crippen LogP contribution is 2.37. The van der Waals surface area contributed by atoms with Crippen LogP contribution in [0.3, 0.4) is 0 Å². The van der Waals surface area contributed by atoms with E-state index in [2.05, 4.69) is 4.98 Å². The van der Waals surface area contributed by atoms with Crippen LogP contribution >= 0.6 is 35.1 Å². The van der Waals surface area contributed by atoms with Crippen LogP contribution in [0, 0.1) is 0 Å². The molecular weight excluding hydrogens is 322 g/mol. The van der Waals surface area contributed by atoms with Crippen LogP contribution in [0.25, 0.3) is 11.5 Å². The van der Waals surface area contributed by atoms with Crippen molar-refractivity contribution in [3.63, 3.8) is 0 Å². The van der Waals surface area contributed by atoms with Crippen molar-refractivity contribution < 1.29 is 4.42 Å². The number of nitrogens with zero attached hydrogens (tertiary/aromatic N) is 1. The highest BCUT2D eigenvalue weighted by Gasteiger charge is 2.15. The summed E-state index contributed by atoms with van der Waals surface area (Å²) in [6.45, 7) is 0. The molecule has 21 heavy (non-hydrogen) atoms. The molecule has 0 amide bonds. The zero-order valence-electron chi connectivity index (χ0n) is 11.2. The van der Waals surface area contributed by atoms with Gasteiger partial charge in [-0.1, -0.05) is 53.3 Å². The second kappa shape index (κ2) is 6.60. The molecule has 3 aromatic rings. The summed E-state index contributed by atoms with van der Waals surface area (Å²) in [7, 11) is 0. The summed E-state index contributed by atoms with van der Waals surface area (Å²) >= 11 is 9.05. The summed E-state index contributed by atoms with van der Waals surface area (Å²) < 4.78 is 5.85. The molecule has 106 valence electrons. The molecule has 0 spiro atoms. The normalized spacial score (nSPS) is 10.8. The van der Waals surface area contributed by atoms with E-state index in [4.69, 9.17) is 16.0 Å². The number of rotatable bonds is 4. The lowest BCUT2D eigenvalue weighted by molar-refractivity contribution is 0.474. The van der Waals surface area contributed by atoms with Gasteiger partial charge in [0.05, 0.1) is 0 Å². The predicted octanol–water partition coefficient (Wildman–Crippen LogP) is 5.87. The van der Waals surface area contributed by atoms with E-state index >= 15 is 0 Å². The molecule has 0 atom stereocenters. The van der Waals surface area contributed by atoms with Gasteiger partial charge in [0.25, 0.3) is 0 Å². The maximum absolute atomic E-state index is 5.91. The van der Waals surface area contributed by atoms with E-state index in [0.717, 1.165) is 25.6 Å². The van der Waals surface area contributed by atoms with Crippen molar-refractivity contribution in [3.8, 4) is 11.5 Å². The number of halogens is 1. The van der Waals surface area contributed by atoms with Crippen molar-refractivity contribution in [2.45, 2.75) is 15.0 Å². The van der Waals surface area contributed by atoms with Gasteiger partial charge in [0.15, 0.2) is 10.1 Å². The number of oxazole rings is 1. The van der Waals surface area contributed by atoms with Gasteiger partial charge < -0.3 is 4.42 Å². The predicted molar refractivity (Wildman–Crippen MR) is 89.3 cm³/mol. The van der Waals surface area contributed by atoms with Crippen molar-refractivity contribution in [1.82, 2.24) is 4.98 Å². The molecule has 3 rings (SSSR count). The summed E-state index contributed by atoms with van der Waals surface area (Å²) in [5, 5.41) is 2.44. The van der Waals surface area contributed by atoms with Crippen molar-refractivity contribution in [2.75, 3.05) is 6.26 Å².